The fourth-order valence-corrected chi connectivity index (χ4v) is 16.7. The lowest BCUT2D eigenvalue weighted by molar-refractivity contribution is 0.179. The van der Waals surface area contributed by atoms with Crippen molar-refractivity contribution < 1.29 is 13.0 Å². The Balaban J connectivity index is 5.08. The molecule has 6 heteroatoms. The average Bonchev–Trinajstić information content (AvgIpc) is 2.26. The van der Waals surface area contributed by atoms with E-state index in [2.05, 4.69) is 53.9 Å². The van der Waals surface area contributed by atoms with Crippen molar-refractivity contribution in [1.82, 2.24) is 0 Å². The van der Waals surface area contributed by atoms with E-state index in [-0.39, 0.29) is 0 Å². The Bertz CT molecular complexity index is 229. The minimum atomic E-state index is -2.12. The zero-order chi connectivity index (χ0) is 14.4. The van der Waals surface area contributed by atoms with Gasteiger partial charge in [0, 0.05) is 18.4 Å². The molecule has 0 saturated carbocycles. The third-order valence-electron chi connectivity index (χ3n) is 3.51. The van der Waals surface area contributed by atoms with E-state index in [9.17, 15) is 0 Å². The van der Waals surface area contributed by atoms with E-state index >= 15 is 0 Å². The van der Waals surface area contributed by atoms with Gasteiger partial charge < -0.3 is 13.0 Å². The van der Waals surface area contributed by atoms with Crippen molar-refractivity contribution in [2.24, 2.45) is 0 Å². The molecule has 0 aromatic carbocycles. The minimum Gasteiger partial charge on any atom is -0.458 e. The van der Waals surface area contributed by atoms with Crippen LogP contribution in [0.1, 0.15) is 27.7 Å². The Morgan fingerprint density at radius 2 is 1.44 bits per heavy atom. The lowest BCUT2D eigenvalue weighted by atomic mass is 10.9. The molecule has 0 fully saturated rings. The molecule has 18 heavy (non-hydrogen) atoms. The van der Waals surface area contributed by atoms with Gasteiger partial charge in [-0.2, -0.15) is 0 Å². The monoisotopic (exact) mass is 308 g/mol. The summed E-state index contributed by atoms with van der Waals surface area (Å²) in [5.74, 6) is 0. The lowest BCUT2D eigenvalue weighted by Gasteiger charge is -2.42. The summed E-state index contributed by atoms with van der Waals surface area (Å²) in [5.41, 5.74) is 0. The van der Waals surface area contributed by atoms with Gasteiger partial charge in [0.1, 0.15) is 0 Å². The minimum absolute atomic E-state index is 0.463. The Morgan fingerprint density at radius 1 is 1.00 bits per heavy atom. The molecule has 0 N–H and O–H groups in total. The van der Waals surface area contributed by atoms with Crippen molar-refractivity contribution in [3.05, 3.63) is 0 Å². The maximum Gasteiger partial charge on any atom is 0.340 e. The molecular weight excluding hydrogens is 276 g/mol. The quantitative estimate of drug-likeness (QED) is 0.608. The van der Waals surface area contributed by atoms with Gasteiger partial charge in [-0.3, -0.25) is 0 Å². The zero-order valence-electron chi connectivity index (χ0n) is 13.5. The highest BCUT2D eigenvalue weighted by atomic mass is 28.4. The van der Waals surface area contributed by atoms with E-state index in [0.717, 1.165) is 19.3 Å². The second kappa shape index (κ2) is 7.96. The molecule has 0 rings (SSSR count). The van der Waals surface area contributed by atoms with Gasteiger partial charge in [-0.25, -0.2) is 0 Å². The smallest absolute Gasteiger partial charge is 0.340 e. The average molecular weight is 309 g/mol. The third-order valence-corrected chi connectivity index (χ3v) is 17.2. The first-order valence-electron chi connectivity index (χ1n) is 7.21. The molecule has 0 aliphatic rings. The van der Waals surface area contributed by atoms with E-state index in [1.54, 1.807) is 0 Å². The van der Waals surface area contributed by atoms with Crippen molar-refractivity contribution in [2.75, 3.05) is 13.2 Å². The van der Waals surface area contributed by atoms with E-state index in [1.165, 1.54) is 0 Å². The van der Waals surface area contributed by atoms with Crippen LogP contribution in [0.2, 0.25) is 37.4 Å². The molecule has 0 saturated heterocycles. The Morgan fingerprint density at radius 3 is 1.72 bits per heavy atom. The maximum absolute atomic E-state index is 6.35. The number of rotatable bonds is 9. The van der Waals surface area contributed by atoms with Gasteiger partial charge >= 0.3 is 8.56 Å². The summed E-state index contributed by atoms with van der Waals surface area (Å²) in [7, 11) is -4.84. The summed E-state index contributed by atoms with van der Waals surface area (Å²) in [6, 6.07) is 1.01. The van der Waals surface area contributed by atoms with Crippen molar-refractivity contribution in [3.8, 4) is 0 Å². The van der Waals surface area contributed by atoms with Crippen LogP contribution >= 0.6 is 0 Å². The molecule has 0 heterocycles. The van der Waals surface area contributed by atoms with Gasteiger partial charge in [0.2, 0.25) is 0 Å². The van der Waals surface area contributed by atoms with Crippen LogP contribution in [0.25, 0.3) is 0 Å². The predicted octanol–water partition coefficient (Wildman–Crippen LogP) is 3.66. The fraction of sp³-hybridized carbons (Fsp3) is 1.00. The molecule has 3 nitrogen and oxygen atoms in total. The van der Waals surface area contributed by atoms with E-state index in [1.807, 2.05) is 0 Å². The SMILES string of the molecule is CCO[Si](CC)(OCC)C(C)[Si](C)(C)O[SiH](C)C. The van der Waals surface area contributed by atoms with E-state index in [4.69, 9.17) is 13.0 Å². The van der Waals surface area contributed by atoms with Crippen LogP contribution in [0.3, 0.4) is 0 Å². The summed E-state index contributed by atoms with van der Waals surface area (Å²) >= 11 is 0. The van der Waals surface area contributed by atoms with Gasteiger partial charge in [-0.15, -0.1) is 0 Å². The summed E-state index contributed by atoms with van der Waals surface area (Å²) in [6.45, 7) is 19.2. The van der Waals surface area contributed by atoms with Crippen LogP contribution in [0.15, 0.2) is 0 Å². The van der Waals surface area contributed by atoms with E-state index in [0.29, 0.717) is 5.16 Å². The molecule has 0 bridgehead atoms. The lowest BCUT2D eigenvalue weighted by Crippen LogP contribution is -2.56. The number of hydrogen-bond donors (Lipinski definition) is 0. The molecule has 1 atom stereocenters. The Labute approximate surface area is 117 Å². The second-order valence-corrected chi connectivity index (χ2v) is 17.0. The van der Waals surface area contributed by atoms with Crippen molar-refractivity contribution in [2.45, 2.75) is 65.1 Å². The van der Waals surface area contributed by atoms with Crippen LogP contribution < -0.4 is 0 Å². The van der Waals surface area contributed by atoms with Crippen LogP contribution in [0.4, 0.5) is 0 Å². The van der Waals surface area contributed by atoms with Crippen LogP contribution in [0, 0.1) is 0 Å². The van der Waals surface area contributed by atoms with Crippen LogP contribution in [-0.2, 0) is 13.0 Å². The predicted molar refractivity (Wildman–Crippen MR) is 86.4 cm³/mol. The summed E-state index contributed by atoms with van der Waals surface area (Å²) in [6.07, 6.45) is 0. The molecule has 110 valence electrons. The van der Waals surface area contributed by atoms with Crippen molar-refractivity contribution >= 4 is 25.9 Å². The standard InChI is InChI=1S/C12H32O3Si3/c1-9-13-18(11-3,14-10-2)12(4)17(7,8)15-16(5)6/h12,16H,9-11H2,1-8H3. The van der Waals surface area contributed by atoms with E-state index < -0.39 is 25.9 Å². The summed E-state index contributed by atoms with van der Waals surface area (Å²) in [5, 5.41) is 0.463. The molecule has 0 aliphatic carbocycles. The van der Waals surface area contributed by atoms with Gasteiger partial charge in [0.15, 0.2) is 17.4 Å². The van der Waals surface area contributed by atoms with Gasteiger partial charge in [-0.1, -0.05) is 13.8 Å². The Kier molecular flexibility index (Phi) is 8.20. The summed E-state index contributed by atoms with van der Waals surface area (Å²) < 4.78 is 18.6. The zero-order valence-corrected chi connectivity index (χ0v) is 16.7. The second-order valence-electron chi connectivity index (χ2n) is 5.52. The number of hydrogen-bond acceptors (Lipinski definition) is 3. The molecule has 0 radical (unpaired) electrons. The first-order valence-corrected chi connectivity index (χ1v) is 15.1. The maximum atomic E-state index is 6.35. The highest BCUT2D eigenvalue weighted by molar-refractivity contribution is 6.92. The first kappa shape index (κ1) is 18.5. The normalized spacial score (nSPS) is 15.2. The molecule has 0 spiro atoms. The molecule has 0 amide bonds. The van der Waals surface area contributed by atoms with Gasteiger partial charge in [-0.05, 0) is 46.1 Å². The van der Waals surface area contributed by atoms with Crippen molar-refractivity contribution in [1.29, 1.82) is 0 Å². The highest BCUT2D eigenvalue weighted by Crippen LogP contribution is 2.36. The first-order chi connectivity index (χ1) is 8.25. The fourth-order valence-electron chi connectivity index (χ4n) is 2.53. The van der Waals surface area contributed by atoms with Gasteiger partial charge in [0.25, 0.3) is 0 Å². The highest BCUT2D eigenvalue weighted by Gasteiger charge is 2.50. The van der Waals surface area contributed by atoms with Gasteiger partial charge in [0.05, 0.1) is 0 Å². The molecule has 1 unspecified atom stereocenters. The molecule has 0 aromatic heterocycles. The topological polar surface area (TPSA) is 27.7 Å². The molecule has 0 aliphatic heterocycles. The summed E-state index contributed by atoms with van der Waals surface area (Å²) in [4.78, 5) is 0. The third kappa shape index (κ3) is 4.90. The largest absolute Gasteiger partial charge is 0.458 e. The van der Waals surface area contributed by atoms with Crippen LogP contribution in [0.5, 0.6) is 0 Å². The molecular formula is C12H32O3Si3. The molecule has 0 aromatic rings. The van der Waals surface area contributed by atoms with Crippen LogP contribution in [-0.4, -0.2) is 39.1 Å². The Hall–Kier alpha value is 0.531. The van der Waals surface area contributed by atoms with Crippen molar-refractivity contribution in [3.63, 3.8) is 0 Å².